The number of guanidine groups is 1. The molecular weight excluding hydrogens is 411 g/mol. The minimum atomic E-state index is 0. The highest BCUT2D eigenvalue weighted by molar-refractivity contribution is 14.0. The number of hydrogen-bond acceptors (Lipinski definition) is 2. The Morgan fingerprint density at radius 3 is 2.33 bits per heavy atom. The van der Waals surface area contributed by atoms with Gasteiger partial charge in [-0.05, 0) is 57.4 Å². The molecule has 2 saturated heterocycles. The van der Waals surface area contributed by atoms with Gasteiger partial charge in [0, 0.05) is 39.3 Å². The van der Waals surface area contributed by atoms with Crippen LogP contribution in [-0.4, -0.2) is 61.6 Å². The van der Waals surface area contributed by atoms with Gasteiger partial charge in [0.05, 0.1) is 0 Å². The van der Waals surface area contributed by atoms with E-state index in [4.69, 9.17) is 0 Å². The van der Waals surface area contributed by atoms with Crippen molar-refractivity contribution in [3.63, 3.8) is 0 Å². The summed E-state index contributed by atoms with van der Waals surface area (Å²) in [5.41, 5.74) is 0. The van der Waals surface area contributed by atoms with E-state index < -0.39 is 0 Å². The highest BCUT2D eigenvalue weighted by atomic mass is 127. The molecule has 0 spiro atoms. The van der Waals surface area contributed by atoms with E-state index >= 15 is 0 Å². The zero-order chi connectivity index (χ0) is 16.1. The predicted molar refractivity (Wildman–Crippen MR) is 113 cm³/mol. The fourth-order valence-corrected chi connectivity index (χ4v) is 4.88. The first-order valence-electron chi connectivity index (χ1n) is 9.97. The van der Waals surface area contributed by atoms with Gasteiger partial charge in [-0.2, -0.15) is 0 Å². The number of nitrogens with zero attached hydrogens (tertiary/aromatic N) is 3. The monoisotopic (exact) mass is 448 g/mol. The zero-order valence-corrected chi connectivity index (χ0v) is 18.0. The fraction of sp³-hybridized carbons (Fsp3) is 0.947. The molecule has 0 amide bonds. The van der Waals surface area contributed by atoms with Crippen molar-refractivity contribution < 1.29 is 0 Å². The van der Waals surface area contributed by atoms with Crippen LogP contribution in [0.2, 0.25) is 0 Å². The molecule has 4 nitrogen and oxygen atoms in total. The first-order chi connectivity index (χ1) is 11.3. The van der Waals surface area contributed by atoms with Crippen LogP contribution in [-0.2, 0) is 0 Å². The number of aliphatic imine (C=N–C) groups is 1. The van der Waals surface area contributed by atoms with Crippen molar-refractivity contribution in [1.82, 2.24) is 15.1 Å². The lowest BCUT2D eigenvalue weighted by Gasteiger charge is -2.33. The van der Waals surface area contributed by atoms with E-state index in [9.17, 15) is 0 Å². The molecule has 1 N–H and O–H groups in total. The Morgan fingerprint density at radius 2 is 1.71 bits per heavy atom. The van der Waals surface area contributed by atoms with E-state index in [1.165, 1.54) is 77.5 Å². The minimum absolute atomic E-state index is 0. The quantitative estimate of drug-likeness (QED) is 0.309. The van der Waals surface area contributed by atoms with Gasteiger partial charge in [-0.25, -0.2) is 0 Å². The van der Waals surface area contributed by atoms with Crippen LogP contribution >= 0.6 is 24.0 Å². The van der Waals surface area contributed by atoms with Crippen LogP contribution < -0.4 is 5.32 Å². The number of fused-ring (bicyclic) bond motifs is 1. The largest absolute Gasteiger partial charge is 0.356 e. The molecule has 0 aromatic rings. The molecule has 24 heavy (non-hydrogen) atoms. The van der Waals surface area contributed by atoms with Gasteiger partial charge >= 0.3 is 0 Å². The summed E-state index contributed by atoms with van der Waals surface area (Å²) >= 11 is 0. The second-order valence-electron chi connectivity index (χ2n) is 7.92. The maximum atomic E-state index is 4.55. The molecule has 0 aromatic carbocycles. The van der Waals surface area contributed by atoms with Crippen molar-refractivity contribution in [3.8, 4) is 0 Å². The van der Waals surface area contributed by atoms with Crippen LogP contribution in [0.5, 0.6) is 0 Å². The van der Waals surface area contributed by atoms with Crippen LogP contribution in [0.15, 0.2) is 4.99 Å². The maximum absolute atomic E-state index is 4.55. The summed E-state index contributed by atoms with van der Waals surface area (Å²) in [6, 6.07) is 0.782. The third-order valence-electron chi connectivity index (χ3n) is 6.33. The highest BCUT2D eigenvalue weighted by Crippen LogP contribution is 2.35. The van der Waals surface area contributed by atoms with Crippen molar-refractivity contribution in [1.29, 1.82) is 0 Å². The Bertz CT molecular complexity index is 387. The molecule has 0 aromatic heterocycles. The Balaban J connectivity index is 0.00000208. The predicted octanol–water partition coefficient (Wildman–Crippen LogP) is 3.57. The van der Waals surface area contributed by atoms with E-state index in [1.807, 2.05) is 7.05 Å². The number of likely N-dealkylation sites (tertiary alicyclic amines) is 2. The van der Waals surface area contributed by atoms with Crippen LogP contribution in [0, 0.1) is 11.8 Å². The van der Waals surface area contributed by atoms with Crippen LogP contribution in [0.25, 0.3) is 0 Å². The summed E-state index contributed by atoms with van der Waals surface area (Å²) in [7, 11) is 1.94. The van der Waals surface area contributed by atoms with E-state index in [-0.39, 0.29) is 24.0 Å². The summed E-state index contributed by atoms with van der Waals surface area (Å²) in [5, 5.41) is 3.62. The highest BCUT2D eigenvalue weighted by Gasteiger charge is 2.35. The molecule has 3 fully saturated rings. The van der Waals surface area contributed by atoms with Gasteiger partial charge in [0.1, 0.15) is 0 Å². The molecule has 5 heteroatoms. The summed E-state index contributed by atoms with van der Waals surface area (Å²) in [4.78, 5) is 9.73. The number of nitrogens with one attached hydrogen (secondary N) is 1. The van der Waals surface area contributed by atoms with E-state index in [2.05, 4.69) is 27.0 Å². The second kappa shape index (κ2) is 10.2. The summed E-state index contributed by atoms with van der Waals surface area (Å²) in [6.07, 6.45) is 11.2. The number of halogens is 1. The molecule has 1 saturated carbocycles. The molecule has 2 aliphatic heterocycles. The maximum Gasteiger partial charge on any atom is 0.193 e. The first-order valence-corrected chi connectivity index (χ1v) is 9.97. The van der Waals surface area contributed by atoms with E-state index in [0.29, 0.717) is 0 Å². The third-order valence-corrected chi connectivity index (χ3v) is 6.33. The van der Waals surface area contributed by atoms with Gasteiger partial charge in [-0.1, -0.05) is 19.3 Å². The smallest absolute Gasteiger partial charge is 0.193 e. The molecule has 3 unspecified atom stereocenters. The van der Waals surface area contributed by atoms with Crippen molar-refractivity contribution in [2.24, 2.45) is 16.8 Å². The summed E-state index contributed by atoms with van der Waals surface area (Å²) < 4.78 is 0. The van der Waals surface area contributed by atoms with Crippen LogP contribution in [0.1, 0.15) is 58.3 Å². The van der Waals surface area contributed by atoms with Gasteiger partial charge < -0.3 is 15.1 Å². The van der Waals surface area contributed by atoms with Gasteiger partial charge in [-0.3, -0.25) is 4.99 Å². The summed E-state index contributed by atoms with van der Waals surface area (Å²) in [6.45, 7) is 8.43. The normalized spacial score (nSPS) is 31.5. The molecule has 3 aliphatic rings. The SMILES string of the molecule is CN=C(NCCCN1CCCCC1C)N1CC2CCCCC2C1.I. The van der Waals surface area contributed by atoms with Crippen LogP contribution in [0.3, 0.4) is 0 Å². The molecule has 140 valence electrons. The van der Waals surface area contributed by atoms with Gasteiger partial charge in [-0.15, -0.1) is 24.0 Å². The Kier molecular flexibility index (Phi) is 8.61. The van der Waals surface area contributed by atoms with E-state index in [1.54, 1.807) is 0 Å². The number of rotatable bonds is 4. The standard InChI is InChI=1S/C19H36N4.HI/c1-16-8-5-6-12-22(16)13-7-11-21-19(20-2)23-14-17-9-3-4-10-18(17)15-23;/h16-18H,3-15H2,1-2H3,(H,20,21);1H. The van der Waals surface area contributed by atoms with Gasteiger partial charge in [0.15, 0.2) is 5.96 Å². The molecule has 1 aliphatic carbocycles. The average molecular weight is 448 g/mol. The van der Waals surface area contributed by atoms with Crippen LogP contribution in [0.4, 0.5) is 0 Å². The van der Waals surface area contributed by atoms with Crippen molar-refractivity contribution in [3.05, 3.63) is 0 Å². The second-order valence-corrected chi connectivity index (χ2v) is 7.92. The molecule has 3 atom stereocenters. The Hall–Kier alpha value is -0.0400. The molecule has 3 rings (SSSR count). The summed E-state index contributed by atoms with van der Waals surface area (Å²) in [5.74, 6) is 3.00. The van der Waals surface area contributed by atoms with Crippen molar-refractivity contribution in [2.75, 3.05) is 39.8 Å². The first kappa shape index (κ1) is 20.3. The lowest BCUT2D eigenvalue weighted by molar-refractivity contribution is 0.159. The zero-order valence-electron chi connectivity index (χ0n) is 15.7. The topological polar surface area (TPSA) is 30.9 Å². The minimum Gasteiger partial charge on any atom is -0.356 e. The number of hydrogen-bond donors (Lipinski definition) is 1. The van der Waals surface area contributed by atoms with Gasteiger partial charge in [0.2, 0.25) is 0 Å². The fourth-order valence-electron chi connectivity index (χ4n) is 4.88. The van der Waals surface area contributed by atoms with E-state index in [0.717, 1.165) is 30.4 Å². The Morgan fingerprint density at radius 1 is 1.04 bits per heavy atom. The average Bonchev–Trinajstić information content (AvgIpc) is 3.00. The Labute approximate surface area is 165 Å². The van der Waals surface area contributed by atoms with Crippen molar-refractivity contribution >= 4 is 29.9 Å². The lowest BCUT2D eigenvalue weighted by Crippen LogP contribution is -2.42. The lowest BCUT2D eigenvalue weighted by atomic mass is 9.82. The molecular formula is C19H37IN4. The molecule has 0 bridgehead atoms. The molecule has 0 radical (unpaired) electrons. The van der Waals surface area contributed by atoms with Gasteiger partial charge in [0.25, 0.3) is 0 Å². The molecule has 2 heterocycles. The number of piperidine rings is 1. The van der Waals surface area contributed by atoms with Crippen molar-refractivity contribution in [2.45, 2.75) is 64.3 Å². The third kappa shape index (κ3) is 5.23.